The van der Waals surface area contributed by atoms with Gasteiger partial charge in [0, 0.05) is 12.2 Å². The first-order valence-electron chi connectivity index (χ1n) is 8.03. The highest BCUT2D eigenvalue weighted by molar-refractivity contribution is 5.85. The highest BCUT2D eigenvalue weighted by Crippen LogP contribution is 2.12. The number of nitrogen functional groups attached to an aromatic ring is 1. The van der Waals surface area contributed by atoms with Gasteiger partial charge in [-0.05, 0) is 57.0 Å². The van der Waals surface area contributed by atoms with Crippen molar-refractivity contribution in [3.63, 3.8) is 0 Å². The van der Waals surface area contributed by atoms with Gasteiger partial charge in [-0.1, -0.05) is 25.0 Å². The number of nitrogens with two attached hydrogens (primary N) is 1. The van der Waals surface area contributed by atoms with Crippen LogP contribution in [-0.2, 0) is 11.2 Å². The summed E-state index contributed by atoms with van der Waals surface area (Å²) in [5, 5.41) is 3.05. The van der Waals surface area contributed by atoms with Crippen molar-refractivity contribution in [2.45, 2.75) is 45.1 Å². The Bertz CT molecular complexity index is 446. The Hall–Kier alpha value is -0.970. The third-order valence-corrected chi connectivity index (χ3v) is 4.26. The van der Waals surface area contributed by atoms with Crippen molar-refractivity contribution in [1.29, 1.82) is 0 Å². The SMILES string of the molecule is CC(C(=O)NCCc1ccc(N)cc1)N1CCCCCC1.Cl.Cl. The van der Waals surface area contributed by atoms with Crippen LogP contribution in [0.3, 0.4) is 0 Å². The number of amides is 1. The minimum Gasteiger partial charge on any atom is -0.399 e. The van der Waals surface area contributed by atoms with Gasteiger partial charge in [0.1, 0.15) is 0 Å². The van der Waals surface area contributed by atoms with Gasteiger partial charge in [0.05, 0.1) is 6.04 Å². The Morgan fingerprint density at radius 1 is 1.13 bits per heavy atom. The molecule has 1 saturated heterocycles. The molecule has 2 rings (SSSR count). The fourth-order valence-electron chi connectivity index (χ4n) is 2.81. The third-order valence-electron chi connectivity index (χ3n) is 4.26. The zero-order chi connectivity index (χ0) is 15.1. The lowest BCUT2D eigenvalue weighted by Gasteiger charge is -2.26. The lowest BCUT2D eigenvalue weighted by Crippen LogP contribution is -2.46. The molecular weight excluding hydrogens is 333 g/mol. The topological polar surface area (TPSA) is 58.4 Å². The number of halogens is 2. The molecule has 1 heterocycles. The van der Waals surface area contributed by atoms with Crippen molar-refractivity contribution in [3.05, 3.63) is 29.8 Å². The van der Waals surface area contributed by atoms with Crippen LogP contribution in [0.1, 0.15) is 38.2 Å². The Morgan fingerprint density at radius 2 is 1.70 bits per heavy atom. The Kier molecular flexibility index (Phi) is 11.1. The van der Waals surface area contributed by atoms with Gasteiger partial charge in [0.2, 0.25) is 5.91 Å². The summed E-state index contributed by atoms with van der Waals surface area (Å²) in [5.74, 6) is 0.146. The van der Waals surface area contributed by atoms with Gasteiger partial charge >= 0.3 is 0 Å². The second kappa shape index (κ2) is 11.5. The van der Waals surface area contributed by atoms with Gasteiger partial charge < -0.3 is 11.1 Å². The lowest BCUT2D eigenvalue weighted by molar-refractivity contribution is -0.125. The smallest absolute Gasteiger partial charge is 0.237 e. The quantitative estimate of drug-likeness (QED) is 0.792. The maximum Gasteiger partial charge on any atom is 0.237 e. The highest BCUT2D eigenvalue weighted by atomic mass is 35.5. The molecular formula is C17H29Cl2N3O. The summed E-state index contributed by atoms with van der Waals surface area (Å²) in [5.41, 5.74) is 7.64. The van der Waals surface area contributed by atoms with E-state index < -0.39 is 0 Å². The number of carbonyl (C=O) groups excluding carboxylic acids is 1. The molecule has 0 saturated carbocycles. The molecule has 6 heteroatoms. The van der Waals surface area contributed by atoms with Gasteiger partial charge in [0.25, 0.3) is 0 Å². The fourth-order valence-corrected chi connectivity index (χ4v) is 2.81. The predicted molar refractivity (Wildman–Crippen MR) is 102 cm³/mol. The van der Waals surface area contributed by atoms with Gasteiger partial charge in [-0.2, -0.15) is 0 Å². The molecule has 1 aliphatic rings. The minimum absolute atomic E-state index is 0. The van der Waals surface area contributed by atoms with Crippen molar-refractivity contribution in [2.75, 3.05) is 25.4 Å². The Morgan fingerprint density at radius 3 is 2.26 bits per heavy atom. The van der Waals surface area contributed by atoms with E-state index in [2.05, 4.69) is 10.2 Å². The molecule has 1 aromatic carbocycles. The van der Waals surface area contributed by atoms with Crippen molar-refractivity contribution < 1.29 is 4.79 Å². The number of rotatable bonds is 5. The monoisotopic (exact) mass is 361 g/mol. The average molecular weight is 362 g/mol. The first-order valence-corrected chi connectivity index (χ1v) is 8.03. The summed E-state index contributed by atoms with van der Waals surface area (Å²) in [6.45, 7) is 4.80. The molecule has 1 amide bonds. The van der Waals surface area contributed by atoms with Crippen LogP contribution < -0.4 is 11.1 Å². The average Bonchev–Trinajstić information content (AvgIpc) is 2.77. The summed E-state index contributed by atoms with van der Waals surface area (Å²) in [6.07, 6.45) is 5.86. The molecule has 23 heavy (non-hydrogen) atoms. The number of nitrogens with one attached hydrogen (secondary N) is 1. The second-order valence-corrected chi connectivity index (χ2v) is 5.91. The Balaban J connectivity index is 0.00000242. The summed E-state index contributed by atoms with van der Waals surface area (Å²) in [4.78, 5) is 14.5. The van der Waals surface area contributed by atoms with Crippen LogP contribution in [0.25, 0.3) is 0 Å². The van der Waals surface area contributed by atoms with E-state index in [4.69, 9.17) is 5.73 Å². The van der Waals surface area contributed by atoms with Crippen LogP contribution in [0.5, 0.6) is 0 Å². The minimum atomic E-state index is -0.0190. The van der Waals surface area contributed by atoms with Crippen LogP contribution >= 0.6 is 24.8 Å². The first-order chi connectivity index (χ1) is 10.2. The van der Waals surface area contributed by atoms with E-state index in [1.165, 1.54) is 31.2 Å². The van der Waals surface area contributed by atoms with E-state index in [0.29, 0.717) is 6.54 Å². The predicted octanol–water partition coefficient (Wildman–Crippen LogP) is 3.04. The third kappa shape index (κ3) is 7.42. The van der Waals surface area contributed by atoms with E-state index >= 15 is 0 Å². The van der Waals surface area contributed by atoms with Gasteiger partial charge in [0.15, 0.2) is 0 Å². The van der Waals surface area contributed by atoms with Crippen molar-refractivity contribution in [1.82, 2.24) is 10.2 Å². The molecule has 0 bridgehead atoms. The molecule has 1 fully saturated rings. The summed E-state index contributed by atoms with van der Waals surface area (Å²) >= 11 is 0. The number of benzene rings is 1. The van der Waals surface area contributed by atoms with E-state index in [9.17, 15) is 4.79 Å². The Labute approximate surface area is 152 Å². The molecule has 132 valence electrons. The summed E-state index contributed by atoms with van der Waals surface area (Å²) < 4.78 is 0. The van der Waals surface area contributed by atoms with E-state index in [1.807, 2.05) is 31.2 Å². The number of hydrogen-bond acceptors (Lipinski definition) is 3. The number of anilines is 1. The van der Waals surface area contributed by atoms with Gasteiger partial charge in [-0.3, -0.25) is 9.69 Å². The van der Waals surface area contributed by atoms with Crippen LogP contribution in [-0.4, -0.2) is 36.5 Å². The molecule has 3 N–H and O–H groups in total. The molecule has 1 unspecified atom stereocenters. The molecule has 0 aromatic heterocycles. The zero-order valence-electron chi connectivity index (χ0n) is 13.8. The van der Waals surface area contributed by atoms with Crippen LogP contribution in [0.15, 0.2) is 24.3 Å². The van der Waals surface area contributed by atoms with Gasteiger partial charge in [-0.25, -0.2) is 0 Å². The summed E-state index contributed by atoms with van der Waals surface area (Å²) in [6, 6.07) is 7.81. The van der Waals surface area contributed by atoms with Crippen LogP contribution in [0.4, 0.5) is 5.69 Å². The van der Waals surface area contributed by atoms with Crippen molar-refractivity contribution in [2.24, 2.45) is 0 Å². The number of nitrogens with zero attached hydrogens (tertiary/aromatic N) is 1. The van der Waals surface area contributed by atoms with Crippen molar-refractivity contribution in [3.8, 4) is 0 Å². The fraction of sp³-hybridized carbons (Fsp3) is 0.588. The van der Waals surface area contributed by atoms with Crippen LogP contribution in [0.2, 0.25) is 0 Å². The van der Waals surface area contributed by atoms with E-state index in [1.54, 1.807) is 0 Å². The molecule has 1 atom stereocenters. The number of likely N-dealkylation sites (tertiary alicyclic amines) is 1. The van der Waals surface area contributed by atoms with Crippen LogP contribution in [0, 0.1) is 0 Å². The maximum absolute atomic E-state index is 12.2. The molecule has 4 nitrogen and oxygen atoms in total. The van der Waals surface area contributed by atoms with E-state index in [0.717, 1.165) is 25.2 Å². The number of hydrogen-bond donors (Lipinski definition) is 2. The normalized spacial score (nSPS) is 16.4. The maximum atomic E-state index is 12.2. The largest absolute Gasteiger partial charge is 0.399 e. The summed E-state index contributed by atoms with van der Waals surface area (Å²) in [7, 11) is 0. The first kappa shape index (κ1) is 22.0. The molecule has 0 radical (unpaired) electrons. The second-order valence-electron chi connectivity index (χ2n) is 5.91. The molecule has 0 aliphatic carbocycles. The molecule has 0 spiro atoms. The number of carbonyl (C=O) groups is 1. The highest BCUT2D eigenvalue weighted by Gasteiger charge is 2.21. The van der Waals surface area contributed by atoms with Gasteiger partial charge in [-0.15, -0.1) is 24.8 Å². The molecule has 1 aromatic rings. The molecule has 1 aliphatic heterocycles. The zero-order valence-corrected chi connectivity index (χ0v) is 15.4. The lowest BCUT2D eigenvalue weighted by atomic mass is 10.1. The van der Waals surface area contributed by atoms with E-state index in [-0.39, 0.29) is 36.8 Å². The van der Waals surface area contributed by atoms with Crippen molar-refractivity contribution >= 4 is 36.4 Å². The standard InChI is InChI=1S/C17H27N3O.2ClH/c1-14(20-12-4-2-3-5-13-20)17(21)19-11-10-15-6-8-16(18)9-7-15;;/h6-9,14H,2-5,10-13,18H2,1H3,(H,19,21);2*1H.